The lowest BCUT2D eigenvalue weighted by molar-refractivity contribution is 0.479. The molecule has 0 unspecified atom stereocenters. The van der Waals surface area contributed by atoms with Crippen LogP contribution in [0.15, 0.2) is 28.0 Å². The van der Waals surface area contributed by atoms with Crippen molar-refractivity contribution < 1.29 is 25.9 Å². The fourth-order valence-corrected chi connectivity index (χ4v) is 3.07. The molecule has 0 saturated carbocycles. The molecule has 13 nitrogen and oxygen atoms in total. The molecule has 0 bridgehead atoms. The topological polar surface area (TPSA) is 210 Å². The van der Waals surface area contributed by atoms with Gasteiger partial charge in [0.1, 0.15) is 4.90 Å². The van der Waals surface area contributed by atoms with Gasteiger partial charge in [0, 0.05) is 13.1 Å². The Labute approximate surface area is 154 Å². The van der Waals surface area contributed by atoms with Crippen LogP contribution in [-0.2, 0) is 20.2 Å². The maximum atomic E-state index is 11.5. The number of nitrogen functional groups attached to an aromatic ring is 1. The van der Waals surface area contributed by atoms with E-state index in [4.69, 9.17) is 10.3 Å². The molecule has 0 amide bonds. The van der Waals surface area contributed by atoms with Crippen LogP contribution in [0.3, 0.4) is 0 Å². The van der Waals surface area contributed by atoms with E-state index in [9.17, 15) is 21.4 Å². The predicted molar refractivity (Wildman–Crippen MR) is 96.0 cm³/mol. The summed E-state index contributed by atoms with van der Waals surface area (Å²) in [6, 6.07) is 2.42. The molecular formula is C12H17N7O6S2. The van der Waals surface area contributed by atoms with Crippen LogP contribution in [0.1, 0.15) is 0 Å². The Balaban J connectivity index is 2.46. The lowest BCUT2D eigenvalue weighted by Crippen LogP contribution is -2.19. The molecule has 0 spiro atoms. The quantitative estimate of drug-likeness (QED) is 0.232. The first-order valence-corrected chi connectivity index (χ1v) is 10.1. The fraction of sp³-hybridized carbons (Fsp3) is 0.250. The van der Waals surface area contributed by atoms with Crippen molar-refractivity contribution in [2.45, 2.75) is 9.79 Å². The minimum atomic E-state index is -4.72. The number of anilines is 4. The summed E-state index contributed by atoms with van der Waals surface area (Å²) in [6.07, 6.45) is 0. The van der Waals surface area contributed by atoms with E-state index < -0.39 is 30.0 Å². The zero-order chi connectivity index (χ0) is 20.2. The Morgan fingerprint density at radius 3 is 2.26 bits per heavy atom. The lowest BCUT2D eigenvalue weighted by atomic mass is 10.3. The van der Waals surface area contributed by atoms with Gasteiger partial charge >= 0.3 is 0 Å². The summed E-state index contributed by atoms with van der Waals surface area (Å²) in [4.78, 5) is 10.3. The second-order valence-electron chi connectivity index (χ2n) is 5.10. The van der Waals surface area contributed by atoms with Crippen molar-refractivity contribution >= 4 is 43.8 Å². The number of rotatable bonds is 8. The Kier molecular flexibility index (Phi) is 6.11. The third-order valence-electron chi connectivity index (χ3n) is 3.08. The number of aromatic nitrogens is 3. The number of nitrogens with zero attached hydrogens (tertiary/aromatic N) is 3. The number of benzene rings is 1. The normalized spacial score (nSPS) is 12.0. The lowest BCUT2D eigenvalue weighted by Gasteiger charge is -2.12. The molecule has 2 rings (SSSR count). The number of nitrogens with one attached hydrogen (secondary N) is 3. The minimum Gasteiger partial charge on any atom is -0.368 e. The molecule has 2 aromatic rings. The number of nitrogens with two attached hydrogens (primary N) is 1. The van der Waals surface area contributed by atoms with Gasteiger partial charge in [0.15, 0.2) is 0 Å². The van der Waals surface area contributed by atoms with Gasteiger partial charge in [-0.05, 0) is 25.2 Å². The highest BCUT2D eigenvalue weighted by atomic mass is 32.2. The maximum Gasteiger partial charge on any atom is 0.296 e. The first-order chi connectivity index (χ1) is 12.5. The summed E-state index contributed by atoms with van der Waals surface area (Å²) < 4.78 is 64.1. The highest BCUT2D eigenvalue weighted by Gasteiger charge is 2.20. The summed E-state index contributed by atoms with van der Waals surface area (Å²) >= 11 is 0. The van der Waals surface area contributed by atoms with E-state index in [0.717, 1.165) is 18.2 Å². The van der Waals surface area contributed by atoms with Crippen LogP contribution in [-0.4, -0.2) is 61.0 Å². The van der Waals surface area contributed by atoms with Gasteiger partial charge in [-0.15, -0.1) is 0 Å². The van der Waals surface area contributed by atoms with Gasteiger partial charge in [0.05, 0.1) is 10.6 Å². The van der Waals surface area contributed by atoms with E-state index >= 15 is 0 Å². The van der Waals surface area contributed by atoms with Crippen LogP contribution in [0.5, 0.6) is 0 Å². The van der Waals surface area contributed by atoms with Crippen molar-refractivity contribution in [1.82, 2.24) is 20.3 Å². The molecule has 15 heteroatoms. The van der Waals surface area contributed by atoms with Gasteiger partial charge in [0.25, 0.3) is 20.2 Å². The van der Waals surface area contributed by atoms with Gasteiger partial charge in [0.2, 0.25) is 17.8 Å². The molecular weight excluding hydrogens is 402 g/mol. The second kappa shape index (κ2) is 7.97. The van der Waals surface area contributed by atoms with Crippen molar-refractivity contribution in [2.24, 2.45) is 0 Å². The summed E-state index contributed by atoms with van der Waals surface area (Å²) in [5.41, 5.74) is 5.19. The molecule has 0 atom stereocenters. The van der Waals surface area contributed by atoms with Crippen molar-refractivity contribution in [3.8, 4) is 0 Å². The number of hydrogen-bond acceptors (Lipinski definition) is 11. The van der Waals surface area contributed by atoms with Crippen LogP contribution in [0, 0.1) is 0 Å². The molecule has 0 aliphatic carbocycles. The monoisotopic (exact) mass is 419 g/mol. The molecule has 0 radical (unpaired) electrons. The third kappa shape index (κ3) is 5.69. The molecule has 1 aromatic heterocycles. The molecule has 0 aliphatic rings. The Morgan fingerprint density at radius 1 is 1.00 bits per heavy atom. The minimum absolute atomic E-state index is 0.0830. The van der Waals surface area contributed by atoms with Gasteiger partial charge in [-0.25, -0.2) is 0 Å². The standard InChI is InChI=1S/C12H17N7O6S2/c1-14-4-5-15-11-17-10(13)18-12(19-11)16-8-6-7(26(20,21)22)2-3-9(8)27(23,24)25/h2-3,6,14H,4-5H2,1H3,(H,20,21,22)(H,23,24,25)(H4,13,15,16,17,18,19). The molecule has 0 saturated heterocycles. The molecule has 0 fully saturated rings. The van der Waals surface area contributed by atoms with E-state index in [1.165, 1.54) is 0 Å². The number of likely N-dealkylation sites (N-methyl/N-ethyl adjacent to an activating group) is 1. The summed E-state index contributed by atoms with van der Waals surface area (Å²) in [5, 5.41) is 8.19. The van der Waals surface area contributed by atoms with Gasteiger partial charge in [-0.1, -0.05) is 0 Å². The first kappa shape index (κ1) is 20.7. The first-order valence-electron chi connectivity index (χ1n) is 7.27. The highest BCUT2D eigenvalue weighted by Crippen LogP contribution is 2.27. The smallest absolute Gasteiger partial charge is 0.296 e. The predicted octanol–water partition coefficient (Wildman–Crippen LogP) is -0.678. The average molecular weight is 419 g/mol. The van der Waals surface area contributed by atoms with Crippen molar-refractivity contribution in [3.63, 3.8) is 0 Å². The molecule has 1 heterocycles. The molecule has 27 heavy (non-hydrogen) atoms. The maximum absolute atomic E-state index is 11.5. The number of hydrogen-bond donors (Lipinski definition) is 6. The third-order valence-corrected chi connectivity index (χ3v) is 4.85. The van der Waals surface area contributed by atoms with E-state index in [0.29, 0.717) is 13.1 Å². The SMILES string of the molecule is CNCCNc1nc(N)nc(Nc2cc(S(=O)(=O)O)ccc2S(=O)(=O)O)n1. The highest BCUT2D eigenvalue weighted by molar-refractivity contribution is 7.86. The van der Waals surface area contributed by atoms with Crippen LogP contribution < -0.4 is 21.7 Å². The van der Waals surface area contributed by atoms with E-state index in [1.54, 1.807) is 7.05 Å². The second-order valence-corrected chi connectivity index (χ2v) is 7.92. The van der Waals surface area contributed by atoms with Crippen LogP contribution in [0.25, 0.3) is 0 Å². The van der Waals surface area contributed by atoms with Gasteiger partial charge in [-0.3, -0.25) is 9.11 Å². The van der Waals surface area contributed by atoms with Crippen LogP contribution in [0.4, 0.5) is 23.5 Å². The van der Waals surface area contributed by atoms with Gasteiger partial charge < -0.3 is 21.7 Å². The Morgan fingerprint density at radius 2 is 1.67 bits per heavy atom. The zero-order valence-corrected chi connectivity index (χ0v) is 15.5. The van der Waals surface area contributed by atoms with E-state index in [-0.39, 0.29) is 23.5 Å². The van der Waals surface area contributed by atoms with Crippen molar-refractivity contribution in [1.29, 1.82) is 0 Å². The summed E-state index contributed by atoms with van der Waals surface area (Å²) in [7, 11) is -7.60. The Hall–Kier alpha value is -2.59. The van der Waals surface area contributed by atoms with E-state index in [1.807, 2.05) is 0 Å². The largest absolute Gasteiger partial charge is 0.368 e. The fourth-order valence-electron chi connectivity index (χ4n) is 1.94. The zero-order valence-electron chi connectivity index (χ0n) is 13.9. The summed E-state index contributed by atoms with van der Waals surface area (Å²) in [6.45, 7) is 1.05. The average Bonchev–Trinajstić information content (AvgIpc) is 2.52. The van der Waals surface area contributed by atoms with Gasteiger partial charge in [-0.2, -0.15) is 31.8 Å². The van der Waals surface area contributed by atoms with Crippen molar-refractivity contribution in [3.05, 3.63) is 18.2 Å². The Bertz CT molecular complexity index is 1040. The van der Waals surface area contributed by atoms with Crippen LogP contribution >= 0.6 is 0 Å². The van der Waals surface area contributed by atoms with Crippen molar-refractivity contribution in [2.75, 3.05) is 36.5 Å². The molecule has 0 aliphatic heterocycles. The molecule has 1 aromatic carbocycles. The van der Waals surface area contributed by atoms with Crippen LogP contribution in [0.2, 0.25) is 0 Å². The van der Waals surface area contributed by atoms with E-state index in [2.05, 4.69) is 30.9 Å². The molecule has 148 valence electrons. The summed E-state index contributed by atoms with van der Waals surface area (Å²) in [5.74, 6) is -0.328. The molecule has 7 N–H and O–H groups in total.